The quantitative estimate of drug-likeness (QED) is 0.936. The molecule has 4 nitrogen and oxygen atoms in total. The van der Waals surface area contributed by atoms with Crippen LogP contribution in [-0.2, 0) is 6.42 Å². The third kappa shape index (κ3) is 3.14. The number of thiazole rings is 1. The predicted octanol–water partition coefficient (Wildman–Crippen LogP) is 3.71. The molecule has 1 aliphatic heterocycles. The average Bonchev–Trinajstić information content (AvgIpc) is 3.15. The molecule has 1 saturated heterocycles. The van der Waals surface area contributed by atoms with Crippen LogP contribution in [0.2, 0.25) is 5.02 Å². The maximum atomic E-state index is 12.5. The van der Waals surface area contributed by atoms with Crippen molar-refractivity contribution >= 4 is 28.8 Å². The Balaban J connectivity index is 1.72. The van der Waals surface area contributed by atoms with Gasteiger partial charge >= 0.3 is 0 Å². The Morgan fingerprint density at radius 2 is 2.48 bits per heavy atom. The third-order valence-corrected chi connectivity index (χ3v) is 5.14. The van der Waals surface area contributed by atoms with E-state index in [1.54, 1.807) is 23.6 Å². The second-order valence-corrected chi connectivity index (χ2v) is 6.68. The minimum absolute atomic E-state index is 0.0267. The number of nitrogens with zero attached hydrogens (tertiary/aromatic N) is 2. The van der Waals surface area contributed by atoms with Gasteiger partial charge in [-0.3, -0.25) is 4.79 Å². The van der Waals surface area contributed by atoms with Crippen molar-refractivity contribution in [3.8, 4) is 0 Å². The van der Waals surface area contributed by atoms with Crippen LogP contribution in [0.25, 0.3) is 0 Å². The minimum Gasteiger partial charge on any atom is -0.356 e. The van der Waals surface area contributed by atoms with Crippen molar-refractivity contribution in [2.45, 2.75) is 32.1 Å². The number of rotatable bonds is 3. The number of carbonyl (C=O) groups is 1. The van der Waals surface area contributed by atoms with Crippen molar-refractivity contribution in [1.29, 1.82) is 0 Å². The number of nitrogens with one attached hydrogen (secondary N) is 1. The van der Waals surface area contributed by atoms with E-state index in [0.29, 0.717) is 16.6 Å². The highest BCUT2D eigenvalue weighted by Gasteiger charge is 2.27. The number of likely N-dealkylation sites (tertiary alicyclic amines) is 1. The Labute approximate surface area is 133 Å². The van der Waals surface area contributed by atoms with Gasteiger partial charge in [-0.2, -0.15) is 0 Å². The number of piperidine rings is 1. The van der Waals surface area contributed by atoms with Gasteiger partial charge in [0.15, 0.2) is 0 Å². The fourth-order valence-corrected chi connectivity index (χ4v) is 3.89. The number of H-pyrrole nitrogens is 1. The Morgan fingerprint density at radius 1 is 1.62 bits per heavy atom. The van der Waals surface area contributed by atoms with Gasteiger partial charge in [0, 0.05) is 30.6 Å². The van der Waals surface area contributed by atoms with Crippen molar-refractivity contribution in [3.63, 3.8) is 0 Å². The van der Waals surface area contributed by atoms with Gasteiger partial charge in [-0.1, -0.05) is 18.5 Å². The highest BCUT2D eigenvalue weighted by molar-refractivity contribution is 7.09. The van der Waals surface area contributed by atoms with Gasteiger partial charge in [0.05, 0.1) is 15.7 Å². The number of aryl methyl sites for hydroxylation is 1. The van der Waals surface area contributed by atoms with Crippen molar-refractivity contribution in [1.82, 2.24) is 14.9 Å². The smallest absolute Gasteiger partial charge is 0.270 e. The summed E-state index contributed by atoms with van der Waals surface area (Å²) in [6, 6.07) is 1.69. The first-order valence-corrected chi connectivity index (χ1v) is 8.50. The lowest BCUT2D eigenvalue weighted by molar-refractivity contribution is 0.0702. The van der Waals surface area contributed by atoms with Gasteiger partial charge in [0.1, 0.15) is 5.69 Å². The summed E-state index contributed by atoms with van der Waals surface area (Å²) < 4.78 is 0. The lowest BCUT2D eigenvalue weighted by Gasteiger charge is -2.31. The van der Waals surface area contributed by atoms with Crippen LogP contribution in [0.3, 0.4) is 0 Å². The zero-order valence-corrected chi connectivity index (χ0v) is 13.5. The van der Waals surface area contributed by atoms with E-state index in [-0.39, 0.29) is 5.91 Å². The molecule has 0 unspecified atom stereocenters. The second kappa shape index (κ2) is 6.20. The molecule has 3 heterocycles. The maximum Gasteiger partial charge on any atom is 0.270 e. The summed E-state index contributed by atoms with van der Waals surface area (Å²) in [5, 5.41) is 3.86. The van der Waals surface area contributed by atoms with E-state index in [4.69, 9.17) is 11.6 Å². The van der Waals surface area contributed by atoms with Crippen LogP contribution in [0.4, 0.5) is 0 Å². The summed E-state index contributed by atoms with van der Waals surface area (Å²) in [4.78, 5) is 22.0. The Hall–Kier alpha value is -1.33. The summed E-state index contributed by atoms with van der Waals surface area (Å²) in [6.45, 7) is 3.66. The fraction of sp³-hybridized carbons (Fsp3) is 0.467. The second-order valence-electron chi connectivity index (χ2n) is 5.35. The molecule has 0 aromatic carbocycles. The van der Waals surface area contributed by atoms with Gasteiger partial charge < -0.3 is 9.88 Å². The van der Waals surface area contributed by atoms with E-state index in [2.05, 4.69) is 22.3 Å². The molecule has 2 aromatic rings. The first-order chi connectivity index (χ1) is 10.2. The molecule has 1 N–H and O–H groups in total. The van der Waals surface area contributed by atoms with Crippen LogP contribution in [-0.4, -0.2) is 33.9 Å². The van der Waals surface area contributed by atoms with E-state index < -0.39 is 0 Å². The van der Waals surface area contributed by atoms with Gasteiger partial charge in [-0.25, -0.2) is 4.98 Å². The van der Waals surface area contributed by atoms with E-state index in [0.717, 1.165) is 43.1 Å². The lowest BCUT2D eigenvalue weighted by atomic mass is 9.98. The van der Waals surface area contributed by atoms with Crippen LogP contribution >= 0.6 is 22.9 Å². The molecule has 0 radical (unpaired) electrons. The molecule has 0 bridgehead atoms. The van der Waals surface area contributed by atoms with Crippen LogP contribution < -0.4 is 0 Å². The topological polar surface area (TPSA) is 49.0 Å². The highest BCUT2D eigenvalue weighted by Crippen LogP contribution is 2.30. The van der Waals surface area contributed by atoms with E-state index in [1.807, 2.05) is 4.90 Å². The number of aromatic nitrogens is 2. The summed E-state index contributed by atoms with van der Waals surface area (Å²) in [5.74, 6) is 0.386. The molecular formula is C15H18ClN3OS. The molecule has 0 spiro atoms. The standard InChI is InChI=1S/C15H18ClN3OS/c1-2-12-9-21-14(18-12)10-4-3-5-19(8-10)15(20)13-6-11(16)7-17-13/h6-7,9-10,17H,2-5,8H2,1H3/t10-/m0/s1. The molecule has 6 heteroatoms. The SMILES string of the molecule is CCc1csc([C@H]2CCCN(C(=O)c3cc(Cl)c[nH]3)C2)n1. The maximum absolute atomic E-state index is 12.5. The van der Waals surface area contributed by atoms with Gasteiger partial charge in [0.2, 0.25) is 0 Å². The van der Waals surface area contributed by atoms with E-state index in [9.17, 15) is 4.79 Å². The number of aromatic amines is 1. The summed E-state index contributed by atoms with van der Waals surface area (Å²) in [5.41, 5.74) is 1.71. The third-order valence-electron chi connectivity index (χ3n) is 3.87. The van der Waals surface area contributed by atoms with Crippen LogP contribution in [0.15, 0.2) is 17.6 Å². The monoisotopic (exact) mass is 323 g/mol. The number of carbonyl (C=O) groups excluding carboxylic acids is 1. The van der Waals surface area contributed by atoms with Crippen molar-refractivity contribution in [2.75, 3.05) is 13.1 Å². The molecule has 21 heavy (non-hydrogen) atoms. The van der Waals surface area contributed by atoms with Gasteiger partial charge in [-0.15, -0.1) is 11.3 Å². The predicted molar refractivity (Wildman–Crippen MR) is 85.2 cm³/mol. The van der Waals surface area contributed by atoms with Crippen molar-refractivity contribution in [2.24, 2.45) is 0 Å². The van der Waals surface area contributed by atoms with Crippen molar-refractivity contribution < 1.29 is 4.79 Å². The van der Waals surface area contributed by atoms with Crippen molar-refractivity contribution in [3.05, 3.63) is 39.1 Å². The first kappa shape index (κ1) is 14.6. The van der Waals surface area contributed by atoms with Crippen LogP contribution in [0.1, 0.15) is 46.9 Å². The summed E-state index contributed by atoms with van der Waals surface area (Å²) in [7, 11) is 0. The summed E-state index contributed by atoms with van der Waals surface area (Å²) >= 11 is 7.59. The molecule has 0 aliphatic carbocycles. The normalized spacial score (nSPS) is 19.0. The Bertz CT molecular complexity index is 636. The average molecular weight is 324 g/mol. The minimum atomic E-state index is 0.0267. The molecular weight excluding hydrogens is 306 g/mol. The van der Waals surface area contributed by atoms with Gasteiger partial charge in [0.25, 0.3) is 5.91 Å². The largest absolute Gasteiger partial charge is 0.356 e. The molecule has 1 atom stereocenters. The molecule has 2 aromatic heterocycles. The lowest BCUT2D eigenvalue weighted by Crippen LogP contribution is -2.39. The molecule has 1 fully saturated rings. The van der Waals surface area contributed by atoms with Gasteiger partial charge in [-0.05, 0) is 25.3 Å². The van der Waals surface area contributed by atoms with E-state index in [1.165, 1.54) is 0 Å². The molecule has 112 valence electrons. The zero-order chi connectivity index (χ0) is 14.8. The molecule has 1 aliphatic rings. The molecule has 3 rings (SSSR count). The van der Waals surface area contributed by atoms with E-state index >= 15 is 0 Å². The summed E-state index contributed by atoms with van der Waals surface area (Å²) in [6.07, 6.45) is 4.73. The van der Waals surface area contributed by atoms with Crippen LogP contribution in [0, 0.1) is 0 Å². The first-order valence-electron chi connectivity index (χ1n) is 7.25. The number of hydrogen-bond acceptors (Lipinski definition) is 3. The van der Waals surface area contributed by atoms with Crippen LogP contribution in [0.5, 0.6) is 0 Å². The zero-order valence-electron chi connectivity index (χ0n) is 11.9. The number of halogens is 1. The molecule has 1 amide bonds. The number of hydrogen-bond donors (Lipinski definition) is 1. The fourth-order valence-electron chi connectivity index (χ4n) is 2.70. The Kier molecular flexibility index (Phi) is 4.31. The Morgan fingerprint density at radius 3 is 3.14 bits per heavy atom. The molecule has 0 saturated carbocycles. The number of amides is 1. The highest BCUT2D eigenvalue weighted by atomic mass is 35.5.